The minimum Gasteiger partial charge on any atom is -0.342 e. The van der Waals surface area contributed by atoms with Crippen LogP contribution in [0.25, 0.3) is 17.0 Å². The molecule has 0 spiro atoms. The molecule has 0 radical (unpaired) electrons. The van der Waals surface area contributed by atoms with Crippen molar-refractivity contribution < 1.29 is 4.79 Å². The Morgan fingerprint density at radius 1 is 0.974 bits per heavy atom. The van der Waals surface area contributed by atoms with Gasteiger partial charge in [-0.2, -0.15) is 0 Å². The number of rotatable bonds is 5. The van der Waals surface area contributed by atoms with E-state index in [0.717, 1.165) is 62.5 Å². The predicted molar refractivity (Wildman–Crippen MR) is 163 cm³/mol. The third kappa shape index (κ3) is 5.12. The first-order chi connectivity index (χ1) is 18.6. The Labute approximate surface area is 236 Å². The molecule has 192 valence electrons. The number of thioether (sulfide) groups is 1. The van der Waals surface area contributed by atoms with Gasteiger partial charge in [0.15, 0.2) is 5.17 Å². The van der Waals surface area contributed by atoms with Crippen LogP contribution in [0, 0.1) is 5.92 Å². The zero-order chi connectivity index (χ0) is 26.1. The lowest BCUT2D eigenvalue weighted by Gasteiger charge is -2.35. The highest BCUT2D eigenvalue weighted by Crippen LogP contribution is 2.40. The highest BCUT2D eigenvalue weighted by molar-refractivity contribution is 9.10. The van der Waals surface area contributed by atoms with Gasteiger partial charge in [-0.3, -0.25) is 9.69 Å². The Balaban J connectivity index is 1.39. The van der Waals surface area contributed by atoms with Crippen molar-refractivity contribution in [1.82, 2.24) is 9.47 Å². The van der Waals surface area contributed by atoms with Gasteiger partial charge in [-0.05, 0) is 72.5 Å². The van der Waals surface area contributed by atoms with Gasteiger partial charge in [0, 0.05) is 39.7 Å². The molecule has 4 aromatic rings. The summed E-state index contributed by atoms with van der Waals surface area (Å²) in [4.78, 5) is 21.7. The van der Waals surface area contributed by atoms with Gasteiger partial charge in [-0.1, -0.05) is 84.2 Å². The van der Waals surface area contributed by atoms with E-state index in [2.05, 4.69) is 88.2 Å². The van der Waals surface area contributed by atoms with Crippen molar-refractivity contribution in [2.45, 2.75) is 45.2 Å². The minimum absolute atomic E-state index is 0.0770. The molecule has 0 bridgehead atoms. The van der Waals surface area contributed by atoms with Crippen LogP contribution in [0.1, 0.15) is 43.7 Å². The fourth-order valence-electron chi connectivity index (χ4n) is 5.60. The van der Waals surface area contributed by atoms with Gasteiger partial charge < -0.3 is 4.57 Å². The van der Waals surface area contributed by atoms with E-state index >= 15 is 0 Å². The van der Waals surface area contributed by atoms with Crippen LogP contribution in [-0.4, -0.2) is 26.6 Å². The summed E-state index contributed by atoms with van der Waals surface area (Å²) in [5, 5.41) is 1.95. The van der Waals surface area contributed by atoms with Crippen LogP contribution < -0.4 is 0 Å². The molecular weight excluding hydrogens is 554 g/mol. The Bertz CT molecular complexity index is 1520. The Morgan fingerprint density at radius 2 is 1.71 bits per heavy atom. The molecule has 6 heteroatoms. The number of hydrogen-bond acceptors (Lipinski definition) is 3. The Kier molecular flexibility index (Phi) is 7.26. The number of aromatic nitrogens is 1. The predicted octanol–water partition coefficient (Wildman–Crippen LogP) is 8.63. The lowest BCUT2D eigenvalue weighted by molar-refractivity contribution is -0.124. The monoisotopic (exact) mass is 583 g/mol. The summed E-state index contributed by atoms with van der Waals surface area (Å²) in [5.74, 6) is 0.537. The van der Waals surface area contributed by atoms with Gasteiger partial charge >= 0.3 is 0 Å². The first kappa shape index (κ1) is 25.2. The maximum absolute atomic E-state index is 14.0. The number of aliphatic imine (C=N–C) groups is 1. The Morgan fingerprint density at radius 3 is 2.50 bits per heavy atom. The molecule has 2 fully saturated rings. The fraction of sp³-hybridized carbons (Fsp3) is 0.250. The summed E-state index contributed by atoms with van der Waals surface area (Å²) in [6, 6.07) is 27.0. The summed E-state index contributed by atoms with van der Waals surface area (Å²) in [5.41, 5.74) is 4.33. The molecule has 1 amide bonds. The number of benzene rings is 3. The normalized spacial score (nSPS) is 22.2. The summed E-state index contributed by atoms with van der Waals surface area (Å²) in [6.07, 6.45) is 8.82. The number of para-hydroxylation sites is 2. The third-order valence-electron chi connectivity index (χ3n) is 7.59. The van der Waals surface area contributed by atoms with Gasteiger partial charge in [-0.25, -0.2) is 4.99 Å². The summed E-state index contributed by atoms with van der Waals surface area (Å²) in [7, 11) is 0. The standard InChI is InChI=1S/C32H30BrN3OS/c1-22-9-5-7-13-28(22)36-31(37)30(38-32(36)34-26-10-3-2-4-11-26)19-24-21-35(29-14-8-6-12-27(24)29)20-23-15-17-25(33)18-16-23/h2-4,6,8,10-12,14-19,21-22,28H,5,7,9,13,20H2,1H3/b30-19-,34-32?/t22-,28-/m1/s1. The van der Waals surface area contributed by atoms with Crippen molar-refractivity contribution in [3.05, 3.63) is 106 Å². The maximum atomic E-state index is 14.0. The number of carbonyl (C=O) groups is 1. The molecule has 4 nitrogen and oxygen atoms in total. The number of carbonyl (C=O) groups excluding carboxylic acids is 1. The van der Waals surface area contributed by atoms with E-state index in [1.54, 1.807) is 0 Å². The first-order valence-corrected chi connectivity index (χ1v) is 14.9. The molecule has 2 atom stereocenters. The molecule has 2 aliphatic rings. The van der Waals surface area contributed by atoms with Gasteiger partial charge in [0.25, 0.3) is 5.91 Å². The van der Waals surface area contributed by atoms with Crippen LogP contribution in [0.15, 0.2) is 99.4 Å². The molecule has 6 rings (SSSR count). The topological polar surface area (TPSA) is 37.6 Å². The highest BCUT2D eigenvalue weighted by Gasteiger charge is 2.41. The number of amides is 1. The zero-order valence-electron chi connectivity index (χ0n) is 21.4. The number of nitrogens with zero attached hydrogens (tertiary/aromatic N) is 3. The van der Waals surface area contributed by atoms with E-state index < -0.39 is 0 Å². The van der Waals surface area contributed by atoms with Crippen molar-refractivity contribution >= 4 is 61.4 Å². The molecule has 0 N–H and O–H groups in total. The molecule has 1 aliphatic carbocycles. The van der Waals surface area contributed by atoms with Crippen molar-refractivity contribution in [2.24, 2.45) is 10.9 Å². The minimum atomic E-state index is 0.0770. The lowest BCUT2D eigenvalue weighted by Crippen LogP contribution is -2.44. The summed E-state index contributed by atoms with van der Waals surface area (Å²) >= 11 is 5.04. The molecule has 2 heterocycles. The molecule has 3 aromatic carbocycles. The van der Waals surface area contributed by atoms with Gasteiger partial charge in [-0.15, -0.1) is 0 Å². The van der Waals surface area contributed by atoms with Crippen LogP contribution in [0.3, 0.4) is 0 Å². The van der Waals surface area contributed by atoms with Crippen LogP contribution in [0.2, 0.25) is 0 Å². The van der Waals surface area contributed by atoms with E-state index in [1.165, 1.54) is 23.7 Å². The SMILES string of the molecule is C[C@@H]1CCCC[C@H]1N1C(=O)/C(=C/c2cn(Cc3ccc(Br)cc3)c3ccccc23)SC1=Nc1ccccc1. The number of halogens is 1. The van der Waals surface area contributed by atoms with Crippen LogP contribution in [0.5, 0.6) is 0 Å². The van der Waals surface area contributed by atoms with E-state index in [4.69, 9.17) is 4.99 Å². The number of hydrogen-bond donors (Lipinski definition) is 0. The Hall–Kier alpha value is -3.09. The second-order valence-electron chi connectivity index (χ2n) is 10.2. The van der Waals surface area contributed by atoms with Crippen molar-refractivity contribution in [1.29, 1.82) is 0 Å². The second kappa shape index (κ2) is 11.0. The molecular formula is C32H30BrN3OS. The highest BCUT2D eigenvalue weighted by atomic mass is 79.9. The molecule has 38 heavy (non-hydrogen) atoms. The summed E-state index contributed by atoms with van der Waals surface area (Å²) < 4.78 is 3.35. The average Bonchev–Trinajstić information content (AvgIpc) is 3.43. The van der Waals surface area contributed by atoms with Crippen LogP contribution >= 0.6 is 27.7 Å². The fourth-order valence-corrected chi connectivity index (χ4v) is 6.90. The quantitative estimate of drug-likeness (QED) is 0.220. The van der Waals surface area contributed by atoms with E-state index in [1.807, 2.05) is 35.2 Å². The van der Waals surface area contributed by atoms with Crippen LogP contribution in [0.4, 0.5) is 5.69 Å². The lowest BCUT2D eigenvalue weighted by atomic mass is 9.85. The number of fused-ring (bicyclic) bond motifs is 1. The van der Waals surface area contributed by atoms with Crippen molar-refractivity contribution in [3.63, 3.8) is 0 Å². The largest absolute Gasteiger partial charge is 0.342 e. The molecule has 0 unspecified atom stereocenters. The zero-order valence-corrected chi connectivity index (χ0v) is 23.8. The average molecular weight is 585 g/mol. The first-order valence-electron chi connectivity index (χ1n) is 13.3. The molecule has 1 aromatic heterocycles. The van der Waals surface area contributed by atoms with Crippen molar-refractivity contribution in [2.75, 3.05) is 0 Å². The van der Waals surface area contributed by atoms with Gasteiger partial charge in [0.1, 0.15) is 0 Å². The summed E-state index contributed by atoms with van der Waals surface area (Å²) in [6.45, 7) is 3.05. The van der Waals surface area contributed by atoms with Gasteiger partial charge in [0.05, 0.1) is 10.6 Å². The molecule has 1 aliphatic heterocycles. The molecule has 1 saturated heterocycles. The second-order valence-corrected chi connectivity index (χ2v) is 12.1. The number of amidine groups is 1. The smallest absolute Gasteiger partial charge is 0.267 e. The van der Waals surface area contributed by atoms with Crippen molar-refractivity contribution in [3.8, 4) is 0 Å². The maximum Gasteiger partial charge on any atom is 0.267 e. The van der Waals surface area contributed by atoms with E-state index in [0.29, 0.717) is 5.92 Å². The van der Waals surface area contributed by atoms with E-state index in [-0.39, 0.29) is 11.9 Å². The molecule has 1 saturated carbocycles. The van der Waals surface area contributed by atoms with Crippen LogP contribution in [-0.2, 0) is 11.3 Å². The van der Waals surface area contributed by atoms with Gasteiger partial charge in [0.2, 0.25) is 0 Å². The van der Waals surface area contributed by atoms with E-state index in [9.17, 15) is 4.79 Å². The third-order valence-corrected chi connectivity index (χ3v) is 9.10.